The van der Waals surface area contributed by atoms with Crippen molar-refractivity contribution in [2.75, 3.05) is 0 Å². The fraction of sp³-hybridized carbons (Fsp3) is 0.419. The Hall–Kier alpha value is -2.06. The standard InChI is InChI=1S/C31H39BrO/c1-17(2)25-13-21(9)14-26(18(3)4)29(25)23-11-10-12-24(31(23)33)30-27(19(5)6)15-22(32)16-28(30)20(7)8/h10-20,33H,1-9H3. The molecule has 0 amide bonds. The third-order valence-corrected chi connectivity index (χ3v) is 7.03. The second-order valence-corrected chi connectivity index (χ2v) is 11.5. The quantitative estimate of drug-likeness (QED) is 0.352. The molecule has 33 heavy (non-hydrogen) atoms. The fourth-order valence-corrected chi connectivity index (χ4v) is 5.38. The lowest BCUT2D eigenvalue weighted by Crippen LogP contribution is -2.03. The third kappa shape index (κ3) is 5.06. The van der Waals surface area contributed by atoms with Gasteiger partial charge in [-0.05, 0) is 76.1 Å². The molecule has 3 aromatic carbocycles. The number of benzene rings is 3. The highest BCUT2D eigenvalue weighted by atomic mass is 79.9. The molecule has 0 aliphatic rings. The van der Waals surface area contributed by atoms with E-state index in [4.69, 9.17) is 0 Å². The zero-order valence-electron chi connectivity index (χ0n) is 21.7. The molecule has 3 aromatic rings. The van der Waals surface area contributed by atoms with Crippen molar-refractivity contribution in [3.8, 4) is 28.0 Å². The molecule has 1 nitrogen and oxygen atoms in total. The van der Waals surface area contributed by atoms with Gasteiger partial charge >= 0.3 is 0 Å². The van der Waals surface area contributed by atoms with Crippen LogP contribution in [0.4, 0.5) is 0 Å². The molecule has 0 fully saturated rings. The van der Waals surface area contributed by atoms with Crippen LogP contribution in [0, 0.1) is 6.92 Å². The predicted molar refractivity (Wildman–Crippen MR) is 148 cm³/mol. The minimum Gasteiger partial charge on any atom is -0.507 e. The van der Waals surface area contributed by atoms with Crippen molar-refractivity contribution in [2.45, 2.75) is 86.0 Å². The first-order valence-corrected chi connectivity index (χ1v) is 13.0. The molecule has 0 spiro atoms. The van der Waals surface area contributed by atoms with Gasteiger partial charge in [-0.1, -0.05) is 107 Å². The molecule has 0 aromatic heterocycles. The summed E-state index contributed by atoms with van der Waals surface area (Å²) < 4.78 is 1.09. The maximum Gasteiger partial charge on any atom is 0.131 e. The Labute approximate surface area is 209 Å². The second-order valence-electron chi connectivity index (χ2n) is 10.6. The summed E-state index contributed by atoms with van der Waals surface area (Å²) in [7, 11) is 0. The topological polar surface area (TPSA) is 20.2 Å². The van der Waals surface area contributed by atoms with Crippen LogP contribution in [0.2, 0.25) is 0 Å². The van der Waals surface area contributed by atoms with E-state index in [-0.39, 0.29) is 0 Å². The van der Waals surface area contributed by atoms with Crippen molar-refractivity contribution in [3.05, 3.63) is 74.8 Å². The Morgan fingerprint density at radius 1 is 0.606 bits per heavy atom. The first-order chi connectivity index (χ1) is 15.4. The lowest BCUT2D eigenvalue weighted by Gasteiger charge is -2.25. The summed E-state index contributed by atoms with van der Waals surface area (Å²) in [4.78, 5) is 0. The summed E-state index contributed by atoms with van der Waals surface area (Å²) in [6.45, 7) is 20.0. The first-order valence-electron chi connectivity index (χ1n) is 12.2. The number of rotatable bonds is 6. The van der Waals surface area contributed by atoms with Crippen molar-refractivity contribution in [3.63, 3.8) is 0 Å². The summed E-state index contributed by atoms with van der Waals surface area (Å²) in [6.07, 6.45) is 0. The van der Waals surface area contributed by atoms with Gasteiger partial charge in [0.2, 0.25) is 0 Å². The monoisotopic (exact) mass is 506 g/mol. The van der Waals surface area contributed by atoms with Crippen molar-refractivity contribution in [1.29, 1.82) is 0 Å². The average Bonchev–Trinajstić information content (AvgIpc) is 2.73. The van der Waals surface area contributed by atoms with Gasteiger partial charge in [0, 0.05) is 15.6 Å². The Balaban J connectivity index is 2.42. The van der Waals surface area contributed by atoms with Crippen LogP contribution in [0.3, 0.4) is 0 Å². The molecule has 0 aliphatic carbocycles. The maximum atomic E-state index is 11.8. The van der Waals surface area contributed by atoms with E-state index < -0.39 is 0 Å². The van der Waals surface area contributed by atoms with Crippen LogP contribution in [-0.2, 0) is 0 Å². The second kappa shape index (κ2) is 10.1. The lowest BCUT2D eigenvalue weighted by atomic mass is 9.80. The van der Waals surface area contributed by atoms with Crippen molar-refractivity contribution in [2.24, 2.45) is 0 Å². The largest absolute Gasteiger partial charge is 0.507 e. The zero-order chi connectivity index (χ0) is 24.6. The summed E-state index contributed by atoms with van der Waals surface area (Å²) in [5.74, 6) is 1.80. The van der Waals surface area contributed by atoms with E-state index in [1.807, 2.05) is 0 Å². The van der Waals surface area contributed by atoms with Gasteiger partial charge in [-0.2, -0.15) is 0 Å². The summed E-state index contributed by atoms with van der Waals surface area (Å²) in [6, 6.07) is 15.3. The van der Waals surface area contributed by atoms with Gasteiger partial charge in [0.25, 0.3) is 0 Å². The van der Waals surface area contributed by atoms with Crippen LogP contribution in [0.15, 0.2) is 46.9 Å². The number of para-hydroxylation sites is 1. The Morgan fingerprint density at radius 2 is 0.939 bits per heavy atom. The van der Waals surface area contributed by atoms with Gasteiger partial charge in [0.15, 0.2) is 0 Å². The van der Waals surface area contributed by atoms with Crippen molar-refractivity contribution < 1.29 is 5.11 Å². The van der Waals surface area contributed by atoms with E-state index in [1.165, 1.54) is 38.9 Å². The Bertz CT molecular complexity index is 1010. The zero-order valence-corrected chi connectivity index (χ0v) is 23.3. The molecule has 0 unspecified atom stereocenters. The molecule has 0 atom stereocenters. The number of hydrogen-bond acceptors (Lipinski definition) is 1. The number of phenols is 1. The van der Waals surface area contributed by atoms with Crippen LogP contribution in [0.5, 0.6) is 5.75 Å². The normalized spacial score (nSPS) is 11.9. The summed E-state index contributed by atoms with van der Waals surface area (Å²) in [5, 5.41) is 11.8. The molecular weight excluding hydrogens is 468 g/mol. The van der Waals surface area contributed by atoms with Crippen LogP contribution in [0.25, 0.3) is 22.3 Å². The van der Waals surface area contributed by atoms with Gasteiger partial charge < -0.3 is 5.11 Å². The third-order valence-electron chi connectivity index (χ3n) is 6.57. The summed E-state index contributed by atoms with van der Waals surface area (Å²) in [5.41, 5.74) is 10.6. The van der Waals surface area contributed by atoms with Crippen LogP contribution in [-0.4, -0.2) is 5.11 Å². The van der Waals surface area contributed by atoms with E-state index in [1.54, 1.807) is 0 Å². The number of hydrogen-bond donors (Lipinski definition) is 1. The molecule has 1 N–H and O–H groups in total. The van der Waals surface area contributed by atoms with Gasteiger partial charge in [-0.25, -0.2) is 0 Å². The number of aromatic hydroxyl groups is 1. The van der Waals surface area contributed by atoms with Gasteiger partial charge in [-0.3, -0.25) is 0 Å². The molecular formula is C31H39BrO. The molecule has 0 saturated carbocycles. The van der Waals surface area contributed by atoms with E-state index in [0.717, 1.165) is 15.6 Å². The molecule has 0 heterocycles. The van der Waals surface area contributed by atoms with E-state index >= 15 is 0 Å². The highest BCUT2D eigenvalue weighted by Gasteiger charge is 2.24. The molecule has 176 valence electrons. The van der Waals surface area contributed by atoms with E-state index in [0.29, 0.717) is 29.4 Å². The molecule has 2 heteroatoms. The molecule has 0 saturated heterocycles. The summed E-state index contributed by atoms with van der Waals surface area (Å²) >= 11 is 3.72. The molecule has 0 aliphatic heterocycles. The number of aryl methyl sites for hydroxylation is 1. The minimum absolute atomic E-state index is 0.342. The number of phenolic OH excluding ortho intramolecular Hbond substituents is 1. The Morgan fingerprint density at radius 3 is 1.27 bits per heavy atom. The van der Waals surface area contributed by atoms with Crippen molar-refractivity contribution >= 4 is 15.9 Å². The number of halogens is 1. The molecule has 0 bridgehead atoms. The molecule has 3 rings (SSSR count). The maximum absolute atomic E-state index is 11.8. The predicted octanol–water partition coefficient (Wildman–Crippen LogP) is 10.3. The first kappa shape index (κ1) is 25.6. The van der Waals surface area contributed by atoms with Crippen LogP contribution in [0.1, 0.15) is 107 Å². The fourth-order valence-electron chi connectivity index (χ4n) is 4.88. The highest BCUT2D eigenvalue weighted by molar-refractivity contribution is 9.10. The van der Waals surface area contributed by atoms with E-state index in [2.05, 4.69) is 121 Å². The smallest absolute Gasteiger partial charge is 0.131 e. The van der Waals surface area contributed by atoms with Crippen molar-refractivity contribution in [1.82, 2.24) is 0 Å². The highest BCUT2D eigenvalue weighted by Crippen LogP contribution is 2.47. The molecule has 0 radical (unpaired) electrons. The van der Waals surface area contributed by atoms with Gasteiger partial charge in [-0.15, -0.1) is 0 Å². The lowest BCUT2D eigenvalue weighted by molar-refractivity contribution is 0.479. The van der Waals surface area contributed by atoms with Crippen LogP contribution >= 0.6 is 15.9 Å². The Kier molecular flexibility index (Phi) is 7.79. The average molecular weight is 508 g/mol. The van der Waals surface area contributed by atoms with Gasteiger partial charge in [0.1, 0.15) is 5.75 Å². The minimum atomic E-state index is 0.342. The van der Waals surface area contributed by atoms with Crippen LogP contribution < -0.4 is 0 Å². The van der Waals surface area contributed by atoms with E-state index in [9.17, 15) is 5.11 Å². The van der Waals surface area contributed by atoms with Gasteiger partial charge in [0.05, 0.1) is 0 Å². The SMILES string of the molecule is Cc1cc(C(C)C)c(-c2cccc(-c3c(C(C)C)cc(Br)cc3C(C)C)c2O)c(C(C)C)c1.